The second-order valence-corrected chi connectivity index (χ2v) is 7.92. The van der Waals surface area contributed by atoms with Crippen molar-refractivity contribution >= 4 is 29.2 Å². The summed E-state index contributed by atoms with van der Waals surface area (Å²) in [6, 6.07) is 10.8. The minimum Gasteiger partial charge on any atom is -0.373 e. The van der Waals surface area contributed by atoms with E-state index in [1.807, 2.05) is 57.0 Å². The first kappa shape index (κ1) is 18.2. The number of hydrogen-bond donors (Lipinski definition) is 1. The van der Waals surface area contributed by atoms with E-state index in [1.54, 1.807) is 12.1 Å². The molecule has 1 saturated heterocycles. The van der Waals surface area contributed by atoms with E-state index in [0.29, 0.717) is 5.69 Å². The molecule has 6 nitrogen and oxygen atoms in total. The lowest BCUT2D eigenvalue weighted by atomic mass is 9.74. The fourth-order valence-electron chi connectivity index (χ4n) is 4.17. The quantitative estimate of drug-likeness (QED) is 0.776. The molecule has 1 fully saturated rings. The molecule has 1 spiro atoms. The number of fused-ring (bicyclic) bond motifs is 1. The van der Waals surface area contributed by atoms with Gasteiger partial charge in [0.1, 0.15) is 0 Å². The first-order chi connectivity index (χ1) is 13.2. The van der Waals surface area contributed by atoms with Crippen LogP contribution in [0.15, 0.2) is 36.4 Å². The van der Waals surface area contributed by atoms with Crippen LogP contribution in [-0.4, -0.2) is 31.4 Å². The van der Waals surface area contributed by atoms with Gasteiger partial charge < -0.3 is 4.90 Å². The second kappa shape index (κ2) is 6.19. The first-order valence-corrected chi connectivity index (χ1v) is 9.31. The van der Waals surface area contributed by atoms with E-state index in [1.165, 1.54) is 0 Å². The van der Waals surface area contributed by atoms with Gasteiger partial charge >= 0.3 is 6.03 Å². The van der Waals surface area contributed by atoms with Crippen LogP contribution < -0.4 is 15.1 Å². The van der Waals surface area contributed by atoms with Crippen LogP contribution in [0.2, 0.25) is 0 Å². The number of anilines is 2. The summed E-state index contributed by atoms with van der Waals surface area (Å²) >= 11 is 0. The number of aryl methyl sites for hydroxylation is 3. The number of nitrogens with one attached hydrogen (secondary N) is 1. The number of amides is 4. The Morgan fingerprint density at radius 2 is 1.71 bits per heavy atom. The lowest BCUT2D eigenvalue weighted by Gasteiger charge is -2.45. The number of hydrogen-bond acceptors (Lipinski definition) is 4. The van der Waals surface area contributed by atoms with E-state index in [2.05, 4.69) is 5.32 Å². The van der Waals surface area contributed by atoms with Crippen molar-refractivity contribution < 1.29 is 14.4 Å². The zero-order valence-electron chi connectivity index (χ0n) is 16.5. The van der Waals surface area contributed by atoms with Gasteiger partial charge in [0.15, 0.2) is 5.41 Å². The molecule has 2 aromatic rings. The van der Waals surface area contributed by atoms with E-state index >= 15 is 0 Å². The third kappa shape index (κ3) is 2.59. The Morgan fingerprint density at radius 3 is 2.43 bits per heavy atom. The molecular formula is C22H23N3O3. The van der Waals surface area contributed by atoms with Crippen molar-refractivity contribution in [2.75, 3.05) is 23.4 Å². The van der Waals surface area contributed by atoms with Crippen molar-refractivity contribution in [2.45, 2.75) is 27.2 Å². The van der Waals surface area contributed by atoms with Gasteiger partial charge in [-0.25, -0.2) is 9.69 Å². The molecule has 0 saturated carbocycles. The lowest BCUT2D eigenvalue weighted by Crippen LogP contribution is -2.68. The third-order valence-electron chi connectivity index (χ3n) is 5.86. The summed E-state index contributed by atoms with van der Waals surface area (Å²) in [5.74, 6) is -0.995. The summed E-state index contributed by atoms with van der Waals surface area (Å²) in [4.78, 5) is 42.1. The number of carbonyl (C=O) groups excluding carboxylic acids is 3. The maximum absolute atomic E-state index is 13.6. The topological polar surface area (TPSA) is 69.7 Å². The van der Waals surface area contributed by atoms with Crippen LogP contribution in [0.5, 0.6) is 0 Å². The second-order valence-electron chi connectivity index (χ2n) is 7.92. The highest BCUT2D eigenvalue weighted by atomic mass is 16.2. The van der Waals surface area contributed by atoms with Crippen molar-refractivity contribution in [3.8, 4) is 0 Å². The molecule has 0 radical (unpaired) electrons. The molecule has 4 rings (SSSR count). The van der Waals surface area contributed by atoms with Gasteiger partial charge in [-0.15, -0.1) is 0 Å². The molecule has 144 valence electrons. The third-order valence-corrected chi connectivity index (χ3v) is 5.86. The summed E-state index contributed by atoms with van der Waals surface area (Å²) in [5.41, 5.74) is 4.21. The van der Waals surface area contributed by atoms with Gasteiger partial charge in [0.2, 0.25) is 5.91 Å². The van der Waals surface area contributed by atoms with Gasteiger partial charge in [-0.1, -0.05) is 23.8 Å². The van der Waals surface area contributed by atoms with Crippen molar-refractivity contribution in [3.05, 3.63) is 58.7 Å². The molecule has 2 aliphatic heterocycles. The number of rotatable bonds is 1. The molecule has 2 aliphatic rings. The smallest absolute Gasteiger partial charge is 0.335 e. The molecule has 0 aliphatic carbocycles. The van der Waals surface area contributed by atoms with Crippen LogP contribution in [0, 0.1) is 26.2 Å². The predicted molar refractivity (Wildman–Crippen MR) is 108 cm³/mol. The highest BCUT2D eigenvalue weighted by molar-refractivity contribution is 6.30. The lowest BCUT2D eigenvalue weighted by molar-refractivity contribution is -0.142. The summed E-state index contributed by atoms with van der Waals surface area (Å²) in [6.07, 6.45) is 0.271. The number of urea groups is 1. The molecule has 0 bridgehead atoms. The maximum atomic E-state index is 13.6. The summed E-state index contributed by atoms with van der Waals surface area (Å²) < 4.78 is 0. The van der Waals surface area contributed by atoms with E-state index in [4.69, 9.17) is 0 Å². The molecule has 6 heteroatoms. The number of nitrogens with zero attached hydrogens (tertiary/aromatic N) is 2. The number of barbiturate groups is 1. The Labute approximate surface area is 164 Å². The average molecular weight is 377 g/mol. The van der Waals surface area contributed by atoms with Crippen LogP contribution in [0.25, 0.3) is 0 Å². The maximum Gasteiger partial charge on any atom is 0.335 e. The van der Waals surface area contributed by atoms with Crippen LogP contribution in [0.4, 0.5) is 16.2 Å². The molecule has 1 N–H and O–H groups in total. The van der Waals surface area contributed by atoms with E-state index in [0.717, 1.165) is 32.8 Å². The zero-order chi connectivity index (χ0) is 20.2. The Kier molecular flexibility index (Phi) is 4.03. The van der Waals surface area contributed by atoms with Crippen molar-refractivity contribution in [1.29, 1.82) is 0 Å². The van der Waals surface area contributed by atoms with Crippen molar-refractivity contribution in [1.82, 2.24) is 5.32 Å². The minimum atomic E-state index is -1.33. The molecule has 2 aromatic carbocycles. The van der Waals surface area contributed by atoms with Gasteiger partial charge in [-0.3, -0.25) is 14.9 Å². The van der Waals surface area contributed by atoms with Crippen molar-refractivity contribution in [3.63, 3.8) is 0 Å². The Bertz CT molecular complexity index is 1030. The van der Waals surface area contributed by atoms with Crippen LogP contribution in [0.3, 0.4) is 0 Å². The van der Waals surface area contributed by atoms with Gasteiger partial charge in [-0.05, 0) is 62.1 Å². The van der Waals surface area contributed by atoms with Gasteiger partial charge in [0, 0.05) is 19.3 Å². The van der Waals surface area contributed by atoms with E-state index in [9.17, 15) is 14.4 Å². The van der Waals surface area contributed by atoms with Crippen LogP contribution >= 0.6 is 0 Å². The summed E-state index contributed by atoms with van der Waals surface area (Å²) in [6.45, 7) is 6.11. The monoisotopic (exact) mass is 377 g/mol. The summed E-state index contributed by atoms with van der Waals surface area (Å²) in [5, 5.41) is 2.42. The highest BCUT2D eigenvalue weighted by Gasteiger charge is 2.56. The number of imide groups is 2. The van der Waals surface area contributed by atoms with Crippen molar-refractivity contribution in [2.24, 2.45) is 5.41 Å². The molecule has 0 aromatic heterocycles. The molecule has 4 amide bonds. The number of benzene rings is 2. The first-order valence-electron chi connectivity index (χ1n) is 9.31. The van der Waals surface area contributed by atoms with Gasteiger partial charge in [0.05, 0.1) is 5.69 Å². The fourth-order valence-corrected chi connectivity index (χ4v) is 4.17. The molecule has 28 heavy (non-hydrogen) atoms. The Balaban J connectivity index is 1.81. The Morgan fingerprint density at radius 1 is 0.964 bits per heavy atom. The minimum absolute atomic E-state index is 0.225. The molecule has 0 unspecified atom stereocenters. The van der Waals surface area contributed by atoms with Crippen LogP contribution in [0.1, 0.15) is 22.3 Å². The molecule has 2 heterocycles. The fraction of sp³-hybridized carbons (Fsp3) is 0.318. The molecule has 1 atom stereocenters. The normalized spacial score (nSPS) is 21.8. The van der Waals surface area contributed by atoms with E-state index in [-0.39, 0.29) is 13.0 Å². The predicted octanol–water partition coefficient (Wildman–Crippen LogP) is 2.87. The zero-order valence-corrected chi connectivity index (χ0v) is 16.5. The van der Waals surface area contributed by atoms with E-state index < -0.39 is 23.3 Å². The SMILES string of the molecule is Cc1ccc2c(c1)C[C@@]1(CN2C)C(=O)NC(=O)N(c2ccc(C)c(C)c2)C1=O. The number of carbonyl (C=O) groups is 3. The van der Waals surface area contributed by atoms with Gasteiger partial charge in [-0.2, -0.15) is 0 Å². The Hall–Kier alpha value is -3.15. The molecular weight excluding hydrogens is 354 g/mol. The van der Waals surface area contributed by atoms with Crippen LogP contribution in [-0.2, 0) is 16.0 Å². The standard InChI is InChI=1S/C22H23N3O3/c1-13-5-8-18-16(9-13)11-22(12-24(18)4)19(26)23-21(28)25(20(22)27)17-7-6-14(2)15(3)10-17/h5-10H,11-12H2,1-4H3,(H,23,26,28)/t22-/m1/s1. The largest absolute Gasteiger partial charge is 0.373 e. The van der Waals surface area contributed by atoms with Gasteiger partial charge in [0.25, 0.3) is 5.91 Å². The average Bonchev–Trinajstić information content (AvgIpc) is 2.63. The summed E-state index contributed by atoms with van der Waals surface area (Å²) in [7, 11) is 1.87. The highest BCUT2D eigenvalue weighted by Crippen LogP contribution is 2.40.